The summed E-state index contributed by atoms with van der Waals surface area (Å²) in [4.78, 5) is 27.6. The van der Waals surface area contributed by atoms with Crippen LogP contribution in [0, 0.1) is 10.1 Å². The molecule has 0 aliphatic heterocycles. The Morgan fingerprint density at radius 2 is 1.91 bits per heavy atom. The van der Waals surface area contributed by atoms with E-state index in [9.17, 15) is 10.1 Å². The Morgan fingerprint density at radius 1 is 1.06 bits per heavy atom. The molecule has 0 amide bonds. The minimum Gasteiger partial charge on any atom is -0.497 e. The van der Waals surface area contributed by atoms with Gasteiger partial charge in [-0.15, -0.1) is 0 Å². The summed E-state index contributed by atoms with van der Waals surface area (Å²) >= 11 is 0. The number of nitrogens with one attached hydrogen (secondary N) is 2. The number of benzene rings is 1. The molecule has 0 saturated carbocycles. The van der Waals surface area contributed by atoms with E-state index in [1.165, 1.54) is 12.3 Å². The number of anilines is 2. The lowest BCUT2D eigenvalue weighted by atomic mass is 10.1. The monoisotopic (exact) mass is 462 g/mol. The maximum absolute atomic E-state index is 10.7. The number of hydrogen-bond acceptors (Lipinski definition) is 10. The van der Waals surface area contributed by atoms with Crippen LogP contribution in [0.4, 0.5) is 17.5 Å². The molecule has 4 rings (SSSR count). The number of rotatable bonds is 10. The fourth-order valence-corrected chi connectivity index (χ4v) is 3.21. The van der Waals surface area contributed by atoms with Crippen molar-refractivity contribution >= 4 is 17.5 Å². The predicted molar refractivity (Wildman–Crippen MR) is 126 cm³/mol. The highest BCUT2D eigenvalue weighted by Crippen LogP contribution is 2.35. The number of imidazole rings is 1. The van der Waals surface area contributed by atoms with Gasteiger partial charge in [0.1, 0.15) is 29.2 Å². The lowest BCUT2D eigenvalue weighted by Gasteiger charge is -2.15. The van der Waals surface area contributed by atoms with Crippen LogP contribution in [0.1, 0.15) is 0 Å². The van der Waals surface area contributed by atoms with Gasteiger partial charge < -0.3 is 24.7 Å². The van der Waals surface area contributed by atoms with E-state index in [0.29, 0.717) is 42.0 Å². The van der Waals surface area contributed by atoms with E-state index in [4.69, 9.17) is 14.5 Å². The molecular formula is C22H22N8O4. The van der Waals surface area contributed by atoms with Gasteiger partial charge in [-0.2, -0.15) is 0 Å². The van der Waals surface area contributed by atoms with Gasteiger partial charge >= 0.3 is 0 Å². The molecule has 4 aromatic rings. The zero-order valence-electron chi connectivity index (χ0n) is 18.5. The second-order valence-electron chi connectivity index (χ2n) is 6.98. The quantitative estimate of drug-likeness (QED) is 0.205. The molecule has 0 fully saturated rings. The highest BCUT2D eigenvalue weighted by molar-refractivity contribution is 5.76. The summed E-state index contributed by atoms with van der Waals surface area (Å²) in [5.41, 5.74) is 2.04. The number of methoxy groups -OCH3 is 2. The first-order valence-corrected chi connectivity index (χ1v) is 10.2. The van der Waals surface area contributed by atoms with Crippen molar-refractivity contribution in [2.45, 2.75) is 0 Å². The highest BCUT2D eigenvalue weighted by atomic mass is 16.6. The van der Waals surface area contributed by atoms with Crippen LogP contribution in [0.3, 0.4) is 0 Å². The molecule has 34 heavy (non-hydrogen) atoms. The van der Waals surface area contributed by atoms with Gasteiger partial charge in [-0.1, -0.05) is 0 Å². The number of aromatic nitrogens is 5. The SMILES string of the molecule is COc1ccc(OC)c(-c2nc(NCCNc3ccc([N+](=O)[O-])cn3)ncc2-n2ccnc2)c1. The molecule has 0 bridgehead atoms. The van der Waals surface area contributed by atoms with Crippen molar-refractivity contribution in [3.8, 4) is 28.4 Å². The fraction of sp³-hybridized carbons (Fsp3) is 0.182. The Labute approximate surface area is 194 Å². The average Bonchev–Trinajstić information content (AvgIpc) is 3.41. The molecule has 0 saturated heterocycles. The van der Waals surface area contributed by atoms with Crippen LogP contribution in [0.25, 0.3) is 16.9 Å². The third kappa shape index (κ3) is 5.01. The maximum atomic E-state index is 10.7. The van der Waals surface area contributed by atoms with E-state index in [1.54, 1.807) is 39.0 Å². The lowest BCUT2D eigenvalue weighted by Crippen LogP contribution is -2.16. The van der Waals surface area contributed by atoms with E-state index in [0.717, 1.165) is 11.3 Å². The third-order valence-corrected chi connectivity index (χ3v) is 4.89. The van der Waals surface area contributed by atoms with Crippen LogP contribution in [-0.2, 0) is 0 Å². The van der Waals surface area contributed by atoms with Gasteiger partial charge in [0.2, 0.25) is 5.95 Å². The molecule has 174 valence electrons. The van der Waals surface area contributed by atoms with E-state index >= 15 is 0 Å². The molecule has 0 unspecified atom stereocenters. The summed E-state index contributed by atoms with van der Waals surface area (Å²) in [6, 6.07) is 8.45. The molecule has 1 aromatic carbocycles. The van der Waals surface area contributed by atoms with Crippen LogP contribution < -0.4 is 20.1 Å². The fourth-order valence-electron chi connectivity index (χ4n) is 3.21. The number of nitrogens with zero attached hydrogens (tertiary/aromatic N) is 6. The Balaban J connectivity index is 1.54. The number of hydrogen-bond donors (Lipinski definition) is 2. The van der Waals surface area contributed by atoms with E-state index in [-0.39, 0.29) is 5.69 Å². The van der Waals surface area contributed by atoms with Gasteiger partial charge in [0.15, 0.2) is 0 Å². The van der Waals surface area contributed by atoms with Crippen molar-refractivity contribution in [2.24, 2.45) is 0 Å². The molecule has 12 nitrogen and oxygen atoms in total. The molecule has 3 heterocycles. The van der Waals surface area contributed by atoms with Crippen molar-refractivity contribution in [2.75, 3.05) is 37.9 Å². The first kappa shape index (κ1) is 22.5. The second-order valence-corrected chi connectivity index (χ2v) is 6.98. The molecule has 0 aliphatic carbocycles. The van der Waals surface area contributed by atoms with E-state index in [1.807, 2.05) is 29.0 Å². The topological polar surface area (TPSA) is 142 Å². The summed E-state index contributed by atoms with van der Waals surface area (Å²) in [6.07, 6.45) is 8.07. The van der Waals surface area contributed by atoms with Gasteiger partial charge in [-0.05, 0) is 24.3 Å². The highest BCUT2D eigenvalue weighted by Gasteiger charge is 2.17. The van der Waals surface area contributed by atoms with Crippen LogP contribution in [0.15, 0.2) is 61.4 Å². The van der Waals surface area contributed by atoms with Gasteiger partial charge in [0.05, 0.1) is 37.4 Å². The second kappa shape index (κ2) is 10.3. The summed E-state index contributed by atoms with van der Waals surface area (Å²) in [5.74, 6) is 2.26. The van der Waals surface area contributed by atoms with Gasteiger partial charge in [0.25, 0.3) is 5.69 Å². The minimum absolute atomic E-state index is 0.0597. The smallest absolute Gasteiger partial charge is 0.287 e. The lowest BCUT2D eigenvalue weighted by molar-refractivity contribution is -0.385. The van der Waals surface area contributed by atoms with Crippen molar-refractivity contribution in [1.82, 2.24) is 24.5 Å². The summed E-state index contributed by atoms with van der Waals surface area (Å²) in [7, 11) is 3.20. The predicted octanol–water partition coefficient (Wildman–Crippen LogP) is 3.17. The van der Waals surface area contributed by atoms with Crippen molar-refractivity contribution < 1.29 is 14.4 Å². The zero-order valence-corrected chi connectivity index (χ0v) is 18.5. The largest absolute Gasteiger partial charge is 0.497 e. The van der Waals surface area contributed by atoms with Crippen LogP contribution in [0.5, 0.6) is 11.5 Å². The normalized spacial score (nSPS) is 10.5. The first-order chi connectivity index (χ1) is 16.6. The third-order valence-electron chi connectivity index (χ3n) is 4.89. The average molecular weight is 462 g/mol. The molecule has 2 N–H and O–H groups in total. The van der Waals surface area contributed by atoms with Gasteiger partial charge in [-0.25, -0.2) is 19.9 Å². The van der Waals surface area contributed by atoms with Gasteiger partial charge in [0, 0.05) is 37.1 Å². The first-order valence-electron chi connectivity index (χ1n) is 10.2. The number of ether oxygens (including phenoxy) is 2. The Kier molecular flexibility index (Phi) is 6.77. The van der Waals surface area contributed by atoms with Crippen molar-refractivity contribution in [3.63, 3.8) is 0 Å². The Bertz CT molecular complexity index is 1260. The zero-order chi connectivity index (χ0) is 23.9. The summed E-state index contributed by atoms with van der Waals surface area (Å²) in [6.45, 7) is 0.979. The van der Waals surface area contributed by atoms with Crippen molar-refractivity contribution in [3.05, 3.63) is 71.6 Å². The van der Waals surface area contributed by atoms with E-state index < -0.39 is 4.92 Å². The molecular weight excluding hydrogens is 440 g/mol. The molecule has 0 spiro atoms. The summed E-state index contributed by atoms with van der Waals surface area (Å²) < 4.78 is 12.8. The number of pyridine rings is 1. The standard InChI is InChI=1S/C22H22N8O4/c1-33-16-4-5-19(34-2)17(11-16)21-18(29-10-9-23-14-29)13-27-22(28-21)25-8-7-24-20-6-3-15(12-26-20)30(31)32/h3-6,9-14H,7-8H2,1-2H3,(H,24,26)(H,25,27,28). The molecule has 3 aromatic heterocycles. The molecule has 0 atom stereocenters. The maximum Gasteiger partial charge on any atom is 0.287 e. The number of nitro groups is 1. The summed E-state index contributed by atoms with van der Waals surface area (Å²) in [5, 5.41) is 17.0. The van der Waals surface area contributed by atoms with Crippen LogP contribution in [0.2, 0.25) is 0 Å². The molecule has 0 aliphatic rings. The molecule has 0 radical (unpaired) electrons. The van der Waals surface area contributed by atoms with Crippen LogP contribution >= 0.6 is 0 Å². The van der Waals surface area contributed by atoms with Crippen LogP contribution in [-0.4, -0.2) is 56.7 Å². The minimum atomic E-state index is -0.488. The van der Waals surface area contributed by atoms with E-state index in [2.05, 4.69) is 25.6 Å². The Hall–Kier alpha value is -4.74. The Morgan fingerprint density at radius 3 is 2.59 bits per heavy atom. The molecule has 12 heteroatoms. The van der Waals surface area contributed by atoms with Crippen molar-refractivity contribution in [1.29, 1.82) is 0 Å². The van der Waals surface area contributed by atoms with Gasteiger partial charge in [-0.3, -0.25) is 10.1 Å².